The van der Waals surface area contributed by atoms with Gasteiger partial charge < -0.3 is 10.1 Å². The number of anilines is 1. The Morgan fingerprint density at radius 3 is 2.58 bits per heavy atom. The van der Waals surface area contributed by atoms with Crippen molar-refractivity contribution in [2.24, 2.45) is 0 Å². The predicted molar refractivity (Wildman–Crippen MR) is 87.9 cm³/mol. The first-order valence-corrected chi connectivity index (χ1v) is 8.50. The third-order valence-corrected chi connectivity index (χ3v) is 4.79. The van der Waals surface area contributed by atoms with Crippen LogP contribution in [0.1, 0.15) is 5.56 Å². The van der Waals surface area contributed by atoms with Gasteiger partial charge in [0.25, 0.3) is 0 Å². The van der Waals surface area contributed by atoms with E-state index < -0.39 is 28.3 Å². The zero-order valence-corrected chi connectivity index (χ0v) is 14.0. The van der Waals surface area contributed by atoms with Gasteiger partial charge in [0, 0.05) is 0 Å². The van der Waals surface area contributed by atoms with Crippen molar-refractivity contribution < 1.29 is 22.3 Å². The van der Waals surface area contributed by atoms with Crippen LogP contribution in [0.4, 0.5) is 10.1 Å². The van der Waals surface area contributed by atoms with Gasteiger partial charge in [0.2, 0.25) is 15.9 Å². The zero-order chi connectivity index (χ0) is 17.7. The van der Waals surface area contributed by atoms with Crippen molar-refractivity contribution in [3.05, 3.63) is 53.8 Å². The maximum Gasteiger partial charge on any atom is 0.241 e. The molecule has 1 amide bonds. The highest BCUT2D eigenvalue weighted by Gasteiger charge is 2.18. The van der Waals surface area contributed by atoms with Crippen molar-refractivity contribution in [1.82, 2.24) is 4.72 Å². The molecule has 0 aliphatic heterocycles. The van der Waals surface area contributed by atoms with Crippen molar-refractivity contribution in [1.29, 1.82) is 0 Å². The number of benzene rings is 2. The van der Waals surface area contributed by atoms with Crippen LogP contribution in [-0.4, -0.2) is 28.0 Å². The number of ether oxygens (including phenoxy) is 1. The molecule has 2 aromatic carbocycles. The van der Waals surface area contributed by atoms with E-state index in [1.807, 2.05) is 0 Å². The average molecular weight is 352 g/mol. The molecule has 0 aromatic heterocycles. The Bertz CT molecular complexity index is 853. The highest BCUT2D eigenvalue weighted by molar-refractivity contribution is 7.89. The maximum atomic E-state index is 13.1. The van der Waals surface area contributed by atoms with E-state index in [2.05, 4.69) is 10.0 Å². The fourth-order valence-electron chi connectivity index (χ4n) is 2.09. The van der Waals surface area contributed by atoms with Gasteiger partial charge in [-0.2, -0.15) is 0 Å². The summed E-state index contributed by atoms with van der Waals surface area (Å²) >= 11 is 0. The smallest absolute Gasteiger partial charge is 0.241 e. The predicted octanol–water partition coefficient (Wildman–Crippen LogP) is 2.06. The summed E-state index contributed by atoms with van der Waals surface area (Å²) in [4.78, 5) is 11.9. The van der Waals surface area contributed by atoms with E-state index in [1.54, 1.807) is 24.3 Å². The number of aryl methyl sites for hydroxylation is 1. The highest BCUT2D eigenvalue weighted by Crippen LogP contribution is 2.22. The second kappa shape index (κ2) is 7.41. The third-order valence-electron chi connectivity index (χ3n) is 3.23. The number of hydrogen-bond acceptors (Lipinski definition) is 4. The minimum absolute atomic E-state index is 0.0750. The number of amides is 1. The summed E-state index contributed by atoms with van der Waals surface area (Å²) in [7, 11) is -2.46. The first kappa shape index (κ1) is 17.9. The number of hydrogen-bond donors (Lipinski definition) is 2. The topological polar surface area (TPSA) is 84.5 Å². The molecule has 6 nitrogen and oxygen atoms in total. The van der Waals surface area contributed by atoms with Crippen LogP contribution in [0.25, 0.3) is 0 Å². The van der Waals surface area contributed by atoms with Crippen molar-refractivity contribution in [2.75, 3.05) is 19.0 Å². The van der Waals surface area contributed by atoms with Gasteiger partial charge in [-0.25, -0.2) is 17.5 Å². The lowest BCUT2D eigenvalue weighted by Gasteiger charge is -2.11. The van der Waals surface area contributed by atoms with Gasteiger partial charge in [-0.1, -0.05) is 12.1 Å². The second-order valence-corrected chi connectivity index (χ2v) is 6.72. The summed E-state index contributed by atoms with van der Waals surface area (Å²) in [5.41, 5.74) is 0.690. The Kier molecular flexibility index (Phi) is 5.53. The molecule has 0 heterocycles. The molecule has 0 saturated carbocycles. The fraction of sp³-hybridized carbons (Fsp3) is 0.188. The fourth-order valence-corrected chi connectivity index (χ4v) is 3.30. The SMILES string of the molecule is COc1ccccc1NC(=O)CNS(=O)(=O)c1ccc(F)cc1C. The molecule has 0 unspecified atom stereocenters. The zero-order valence-electron chi connectivity index (χ0n) is 13.2. The summed E-state index contributed by atoms with van der Waals surface area (Å²) in [6, 6.07) is 10.1. The average Bonchev–Trinajstić information content (AvgIpc) is 2.53. The first-order chi connectivity index (χ1) is 11.3. The summed E-state index contributed by atoms with van der Waals surface area (Å²) < 4.78 is 44.8. The molecule has 128 valence electrons. The van der Waals surface area contributed by atoms with E-state index in [4.69, 9.17) is 4.74 Å². The lowest BCUT2D eigenvalue weighted by Crippen LogP contribution is -2.33. The number of rotatable bonds is 6. The van der Waals surface area contributed by atoms with Gasteiger partial charge in [0.1, 0.15) is 11.6 Å². The normalized spacial score (nSPS) is 11.1. The number of methoxy groups -OCH3 is 1. The van der Waals surface area contributed by atoms with E-state index in [9.17, 15) is 17.6 Å². The van der Waals surface area contributed by atoms with Crippen molar-refractivity contribution in [2.45, 2.75) is 11.8 Å². The molecular formula is C16H17FN2O4S. The molecule has 8 heteroatoms. The summed E-state index contributed by atoms with van der Waals surface area (Å²) in [6.45, 7) is 1.02. The molecule has 0 aliphatic rings. The lowest BCUT2D eigenvalue weighted by molar-refractivity contribution is -0.115. The Hall–Kier alpha value is -2.45. The monoisotopic (exact) mass is 352 g/mol. The number of carbonyl (C=O) groups excluding carboxylic acids is 1. The van der Waals surface area contributed by atoms with Gasteiger partial charge in [0.15, 0.2) is 0 Å². The number of sulfonamides is 1. The van der Waals surface area contributed by atoms with Crippen LogP contribution in [0.15, 0.2) is 47.4 Å². The standard InChI is InChI=1S/C16H17FN2O4S/c1-11-9-12(17)7-8-15(11)24(21,22)18-10-16(20)19-13-5-3-4-6-14(13)23-2/h3-9,18H,10H2,1-2H3,(H,19,20). The molecule has 0 spiro atoms. The van der Waals surface area contributed by atoms with E-state index >= 15 is 0 Å². The second-order valence-electron chi connectivity index (χ2n) is 4.98. The molecule has 0 atom stereocenters. The summed E-state index contributed by atoms with van der Waals surface area (Å²) in [6.07, 6.45) is 0. The molecule has 0 fully saturated rings. The lowest BCUT2D eigenvalue weighted by atomic mass is 10.2. The minimum Gasteiger partial charge on any atom is -0.495 e. The number of nitrogens with one attached hydrogen (secondary N) is 2. The number of carbonyl (C=O) groups is 1. The molecule has 2 rings (SSSR count). The van der Waals surface area contributed by atoms with Crippen LogP contribution in [0, 0.1) is 12.7 Å². The quantitative estimate of drug-likeness (QED) is 0.833. The molecule has 0 aliphatic carbocycles. The van der Waals surface area contributed by atoms with Crippen molar-refractivity contribution >= 4 is 21.6 Å². The molecular weight excluding hydrogens is 335 g/mol. The third kappa shape index (κ3) is 4.30. The van der Waals surface area contributed by atoms with Gasteiger partial charge >= 0.3 is 0 Å². The van der Waals surface area contributed by atoms with Crippen LogP contribution in [-0.2, 0) is 14.8 Å². The molecule has 0 saturated heterocycles. The molecule has 2 N–H and O–H groups in total. The van der Waals surface area contributed by atoms with Crippen LogP contribution in [0.2, 0.25) is 0 Å². The Morgan fingerprint density at radius 1 is 1.21 bits per heavy atom. The maximum absolute atomic E-state index is 13.1. The Balaban J connectivity index is 2.05. The van der Waals surface area contributed by atoms with Crippen LogP contribution in [0.5, 0.6) is 5.75 Å². The number of para-hydroxylation sites is 2. The van der Waals surface area contributed by atoms with Gasteiger partial charge in [-0.15, -0.1) is 0 Å². The summed E-state index contributed by atoms with van der Waals surface area (Å²) in [5, 5.41) is 2.56. The molecule has 0 bridgehead atoms. The van der Waals surface area contributed by atoms with Gasteiger partial charge in [0.05, 0.1) is 24.2 Å². The van der Waals surface area contributed by atoms with Crippen molar-refractivity contribution in [3.63, 3.8) is 0 Å². The highest BCUT2D eigenvalue weighted by atomic mass is 32.2. The van der Waals surface area contributed by atoms with Crippen LogP contribution >= 0.6 is 0 Å². The largest absolute Gasteiger partial charge is 0.495 e. The van der Waals surface area contributed by atoms with Crippen LogP contribution < -0.4 is 14.8 Å². The molecule has 2 aromatic rings. The molecule has 0 radical (unpaired) electrons. The van der Waals surface area contributed by atoms with E-state index in [-0.39, 0.29) is 10.5 Å². The van der Waals surface area contributed by atoms with E-state index in [0.29, 0.717) is 11.4 Å². The van der Waals surface area contributed by atoms with Crippen LogP contribution in [0.3, 0.4) is 0 Å². The Morgan fingerprint density at radius 2 is 1.92 bits per heavy atom. The minimum atomic E-state index is -3.92. The summed E-state index contributed by atoms with van der Waals surface area (Å²) in [5.74, 6) is -0.619. The first-order valence-electron chi connectivity index (χ1n) is 7.02. The number of halogens is 1. The van der Waals surface area contributed by atoms with Crippen molar-refractivity contribution in [3.8, 4) is 5.75 Å². The molecule has 24 heavy (non-hydrogen) atoms. The van der Waals surface area contributed by atoms with E-state index in [0.717, 1.165) is 18.2 Å². The van der Waals surface area contributed by atoms with Gasteiger partial charge in [-0.3, -0.25) is 4.79 Å². The Labute approximate surface area is 139 Å². The van der Waals surface area contributed by atoms with Gasteiger partial charge in [-0.05, 0) is 42.8 Å². The van der Waals surface area contributed by atoms with E-state index in [1.165, 1.54) is 14.0 Å².